The van der Waals surface area contributed by atoms with E-state index in [2.05, 4.69) is 10.3 Å². The molecule has 0 unspecified atom stereocenters. The predicted octanol–water partition coefficient (Wildman–Crippen LogP) is 4.73. The summed E-state index contributed by atoms with van der Waals surface area (Å²) >= 11 is 7.41. The average molecular weight is 440 g/mol. The molecule has 30 heavy (non-hydrogen) atoms. The number of thiophene rings is 1. The summed E-state index contributed by atoms with van der Waals surface area (Å²) in [5.74, 6) is 0.435. The van der Waals surface area contributed by atoms with Gasteiger partial charge in [0.2, 0.25) is 5.91 Å². The normalized spacial score (nSPS) is 10.9. The van der Waals surface area contributed by atoms with E-state index >= 15 is 0 Å². The lowest BCUT2D eigenvalue weighted by Crippen LogP contribution is -2.27. The van der Waals surface area contributed by atoms with Crippen molar-refractivity contribution in [1.29, 1.82) is 0 Å². The molecule has 2 aromatic carbocycles. The lowest BCUT2D eigenvalue weighted by atomic mass is 10.1. The van der Waals surface area contributed by atoms with Crippen LogP contribution in [0, 0.1) is 6.92 Å². The zero-order valence-electron chi connectivity index (χ0n) is 16.3. The third kappa shape index (κ3) is 3.81. The van der Waals surface area contributed by atoms with Crippen LogP contribution < -0.4 is 15.6 Å². The quantitative estimate of drug-likeness (QED) is 0.487. The van der Waals surface area contributed by atoms with Gasteiger partial charge in [-0.1, -0.05) is 29.8 Å². The summed E-state index contributed by atoms with van der Waals surface area (Å²) in [6.45, 7) is 1.69. The van der Waals surface area contributed by atoms with Crippen LogP contribution in [0.2, 0.25) is 5.02 Å². The number of nitrogens with zero attached hydrogens (tertiary/aromatic N) is 2. The standard InChI is InChI=1S/C22H18ClN3O3S/c1-13-17(23)4-3-5-18(13)25-19(27)10-26-12-24-20-16(11-30-21(20)22(26)28)14-6-8-15(29-2)9-7-14/h3-9,11-12H,10H2,1-2H3,(H,25,27). The SMILES string of the molecule is COc1ccc(-c2csc3c(=O)n(CC(=O)Nc4cccc(Cl)c4C)cnc23)cc1. The minimum atomic E-state index is -0.324. The first kappa shape index (κ1) is 20.1. The first-order valence-corrected chi connectivity index (χ1v) is 10.4. The van der Waals surface area contributed by atoms with Gasteiger partial charge in [-0.2, -0.15) is 0 Å². The molecule has 0 aliphatic heterocycles. The Hall–Kier alpha value is -3.16. The molecule has 2 heterocycles. The van der Waals surface area contributed by atoms with Crippen LogP contribution in [0.1, 0.15) is 5.56 Å². The third-order valence-electron chi connectivity index (χ3n) is 4.80. The fourth-order valence-corrected chi connectivity index (χ4v) is 4.27. The summed E-state index contributed by atoms with van der Waals surface area (Å²) in [5, 5.41) is 5.27. The van der Waals surface area contributed by atoms with Gasteiger partial charge in [-0.05, 0) is 42.3 Å². The van der Waals surface area contributed by atoms with Gasteiger partial charge in [-0.15, -0.1) is 11.3 Å². The van der Waals surface area contributed by atoms with Crippen molar-refractivity contribution in [3.05, 3.63) is 75.1 Å². The van der Waals surface area contributed by atoms with Crippen LogP contribution in [0.4, 0.5) is 5.69 Å². The molecule has 4 rings (SSSR count). The van der Waals surface area contributed by atoms with Crippen LogP contribution >= 0.6 is 22.9 Å². The molecule has 1 amide bonds. The number of amides is 1. The lowest BCUT2D eigenvalue weighted by molar-refractivity contribution is -0.116. The molecular weight excluding hydrogens is 422 g/mol. The molecule has 0 fully saturated rings. The molecule has 0 aliphatic carbocycles. The molecule has 0 spiro atoms. The molecule has 0 aliphatic rings. The van der Waals surface area contributed by atoms with Gasteiger partial charge in [0.1, 0.15) is 17.0 Å². The summed E-state index contributed by atoms with van der Waals surface area (Å²) in [4.78, 5) is 29.8. The maximum Gasteiger partial charge on any atom is 0.271 e. The Bertz CT molecular complexity index is 1300. The second-order valence-corrected chi connectivity index (χ2v) is 7.98. The van der Waals surface area contributed by atoms with E-state index in [0.29, 0.717) is 20.9 Å². The number of hydrogen-bond donors (Lipinski definition) is 1. The molecule has 4 aromatic rings. The third-order valence-corrected chi connectivity index (χ3v) is 6.17. The fourth-order valence-electron chi connectivity index (χ4n) is 3.12. The highest BCUT2D eigenvalue weighted by molar-refractivity contribution is 7.17. The zero-order valence-corrected chi connectivity index (χ0v) is 17.9. The summed E-state index contributed by atoms with van der Waals surface area (Å²) in [6.07, 6.45) is 1.41. The minimum Gasteiger partial charge on any atom is -0.497 e. The number of anilines is 1. The Morgan fingerprint density at radius 3 is 2.73 bits per heavy atom. The van der Waals surface area contributed by atoms with Crippen LogP contribution in [-0.4, -0.2) is 22.6 Å². The molecule has 0 radical (unpaired) electrons. The monoisotopic (exact) mass is 439 g/mol. The smallest absolute Gasteiger partial charge is 0.271 e. The Balaban J connectivity index is 1.60. The number of rotatable bonds is 5. The number of carbonyl (C=O) groups is 1. The highest BCUT2D eigenvalue weighted by Gasteiger charge is 2.15. The highest BCUT2D eigenvalue weighted by atomic mass is 35.5. The van der Waals surface area contributed by atoms with Crippen molar-refractivity contribution in [2.24, 2.45) is 0 Å². The van der Waals surface area contributed by atoms with Crippen LogP contribution in [0.25, 0.3) is 21.3 Å². The number of nitrogens with one attached hydrogen (secondary N) is 1. The maximum absolute atomic E-state index is 12.9. The van der Waals surface area contributed by atoms with Gasteiger partial charge in [-0.3, -0.25) is 14.2 Å². The van der Waals surface area contributed by atoms with Gasteiger partial charge in [0.25, 0.3) is 5.56 Å². The van der Waals surface area contributed by atoms with E-state index in [-0.39, 0.29) is 18.0 Å². The van der Waals surface area contributed by atoms with Gasteiger partial charge in [0, 0.05) is 21.7 Å². The van der Waals surface area contributed by atoms with Crippen LogP contribution in [0.5, 0.6) is 5.75 Å². The molecule has 0 saturated heterocycles. The van der Waals surface area contributed by atoms with E-state index in [0.717, 1.165) is 22.4 Å². The van der Waals surface area contributed by atoms with E-state index in [4.69, 9.17) is 16.3 Å². The Kier molecular flexibility index (Phi) is 5.57. The number of methoxy groups -OCH3 is 1. The maximum atomic E-state index is 12.9. The van der Waals surface area contributed by atoms with Gasteiger partial charge >= 0.3 is 0 Å². The van der Waals surface area contributed by atoms with Gasteiger partial charge < -0.3 is 10.1 Å². The number of fused-ring (bicyclic) bond motifs is 1. The Morgan fingerprint density at radius 2 is 2.00 bits per heavy atom. The average Bonchev–Trinajstić information content (AvgIpc) is 3.18. The number of halogens is 1. The number of aromatic nitrogens is 2. The highest BCUT2D eigenvalue weighted by Crippen LogP contribution is 2.31. The fraction of sp³-hybridized carbons (Fsp3) is 0.136. The summed E-state index contributed by atoms with van der Waals surface area (Å²) < 4.78 is 7.01. The number of carbonyl (C=O) groups excluding carboxylic acids is 1. The summed E-state index contributed by atoms with van der Waals surface area (Å²) in [6, 6.07) is 12.9. The molecule has 1 N–H and O–H groups in total. The van der Waals surface area contributed by atoms with Crippen LogP contribution in [0.15, 0.2) is 59.0 Å². The Morgan fingerprint density at radius 1 is 1.23 bits per heavy atom. The van der Waals surface area contributed by atoms with E-state index in [1.54, 1.807) is 25.3 Å². The van der Waals surface area contributed by atoms with Crippen molar-refractivity contribution in [1.82, 2.24) is 9.55 Å². The van der Waals surface area contributed by atoms with E-state index in [9.17, 15) is 9.59 Å². The summed E-state index contributed by atoms with van der Waals surface area (Å²) in [7, 11) is 1.61. The first-order valence-electron chi connectivity index (χ1n) is 9.14. The van der Waals surface area contributed by atoms with Crippen molar-refractivity contribution in [3.8, 4) is 16.9 Å². The summed E-state index contributed by atoms with van der Waals surface area (Å²) in [5.41, 5.74) is 3.59. The predicted molar refractivity (Wildman–Crippen MR) is 121 cm³/mol. The molecule has 0 saturated carbocycles. The van der Waals surface area contributed by atoms with E-state index < -0.39 is 0 Å². The first-order chi connectivity index (χ1) is 14.5. The zero-order chi connectivity index (χ0) is 21.3. The lowest BCUT2D eigenvalue weighted by Gasteiger charge is -2.10. The number of benzene rings is 2. The van der Waals surface area contributed by atoms with Crippen molar-refractivity contribution < 1.29 is 9.53 Å². The van der Waals surface area contributed by atoms with Crippen molar-refractivity contribution in [3.63, 3.8) is 0 Å². The molecular formula is C22H18ClN3O3S. The molecule has 8 heteroatoms. The largest absolute Gasteiger partial charge is 0.497 e. The molecule has 0 bridgehead atoms. The number of hydrogen-bond acceptors (Lipinski definition) is 5. The van der Waals surface area contributed by atoms with Crippen LogP contribution in [0.3, 0.4) is 0 Å². The molecule has 152 valence electrons. The second kappa shape index (κ2) is 8.30. The van der Waals surface area contributed by atoms with Gasteiger partial charge in [0.05, 0.1) is 19.0 Å². The van der Waals surface area contributed by atoms with Gasteiger partial charge in [0.15, 0.2) is 0 Å². The minimum absolute atomic E-state index is 0.135. The van der Waals surface area contributed by atoms with Gasteiger partial charge in [-0.25, -0.2) is 4.98 Å². The van der Waals surface area contributed by atoms with Crippen molar-refractivity contribution in [2.75, 3.05) is 12.4 Å². The Labute approximate surface area is 181 Å². The second-order valence-electron chi connectivity index (χ2n) is 6.69. The number of ether oxygens (including phenoxy) is 1. The van der Waals surface area contributed by atoms with E-state index in [1.165, 1.54) is 22.2 Å². The van der Waals surface area contributed by atoms with Crippen molar-refractivity contribution >= 4 is 44.7 Å². The topological polar surface area (TPSA) is 73.2 Å². The van der Waals surface area contributed by atoms with Crippen LogP contribution in [-0.2, 0) is 11.3 Å². The molecule has 6 nitrogen and oxygen atoms in total. The molecule has 2 aromatic heterocycles. The molecule has 0 atom stereocenters. The van der Waals surface area contributed by atoms with Crippen molar-refractivity contribution in [2.45, 2.75) is 13.5 Å². The van der Waals surface area contributed by atoms with E-state index in [1.807, 2.05) is 36.6 Å².